The normalized spacial score (nSPS) is 10.7. The van der Waals surface area contributed by atoms with Crippen molar-refractivity contribution in [2.24, 2.45) is 0 Å². The largest absolute Gasteiger partial charge is 0.490 e. The molecule has 0 fully saturated rings. The van der Waals surface area contributed by atoms with Gasteiger partial charge in [-0.2, -0.15) is 0 Å². The molecule has 0 saturated heterocycles. The van der Waals surface area contributed by atoms with E-state index in [2.05, 4.69) is 5.32 Å². The molecule has 124 valence electrons. The number of hydrogen-bond acceptors (Lipinski definition) is 3. The van der Waals surface area contributed by atoms with E-state index in [9.17, 15) is 0 Å². The maximum atomic E-state index is 6.02. The van der Waals surface area contributed by atoms with Crippen molar-refractivity contribution in [1.29, 1.82) is 0 Å². The van der Waals surface area contributed by atoms with Crippen LogP contribution in [0.5, 0.6) is 11.5 Å². The number of halogens is 2. The predicted octanol–water partition coefficient (Wildman–Crippen LogP) is 5.79. The second-order valence-electron chi connectivity index (χ2n) is 5.36. The van der Waals surface area contributed by atoms with Gasteiger partial charge in [-0.1, -0.05) is 29.3 Å². The van der Waals surface area contributed by atoms with Crippen molar-refractivity contribution in [2.75, 3.05) is 11.9 Å². The van der Waals surface area contributed by atoms with Crippen LogP contribution in [0.3, 0.4) is 0 Å². The average molecular weight is 354 g/mol. The number of anilines is 1. The Balaban J connectivity index is 2.10. The molecule has 0 heterocycles. The van der Waals surface area contributed by atoms with Crippen molar-refractivity contribution < 1.29 is 9.47 Å². The molecule has 0 radical (unpaired) electrons. The molecule has 5 heteroatoms. The van der Waals surface area contributed by atoms with Crippen LogP contribution in [0.4, 0.5) is 5.69 Å². The van der Waals surface area contributed by atoms with Gasteiger partial charge in [-0.05, 0) is 56.7 Å². The zero-order chi connectivity index (χ0) is 16.8. The summed E-state index contributed by atoms with van der Waals surface area (Å²) in [5.41, 5.74) is 2.01. The van der Waals surface area contributed by atoms with Gasteiger partial charge in [-0.15, -0.1) is 0 Å². The van der Waals surface area contributed by atoms with Gasteiger partial charge in [0.05, 0.1) is 22.8 Å². The van der Waals surface area contributed by atoms with Crippen molar-refractivity contribution in [3.8, 4) is 11.5 Å². The molecule has 0 aliphatic heterocycles. The zero-order valence-corrected chi connectivity index (χ0v) is 15.0. The molecule has 23 heavy (non-hydrogen) atoms. The molecule has 3 nitrogen and oxygen atoms in total. The highest BCUT2D eigenvalue weighted by molar-refractivity contribution is 6.42. The molecule has 0 aromatic heterocycles. The lowest BCUT2D eigenvalue weighted by molar-refractivity contribution is 0.223. The minimum absolute atomic E-state index is 0.106. The third-order valence-corrected chi connectivity index (χ3v) is 3.83. The van der Waals surface area contributed by atoms with E-state index in [4.69, 9.17) is 32.7 Å². The van der Waals surface area contributed by atoms with Gasteiger partial charge in [0.15, 0.2) is 11.5 Å². The first-order valence-corrected chi connectivity index (χ1v) is 8.36. The Morgan fingerprint density at radius 3 is 2.43 bits per heavy atom. The smallest absolute Gasteiger partial charge is 0.161 e. The summed E-state index contributed by atoms with van der Waals surface area (Å²) in [6, 6.07) is 11.4. The first kappa shape index (κ1) is 17.8. The van der Waals surface area contributed by atoms with Crippen LogP contribution in [-0.2, 0) is 6.54 Å². The van der Waals surface area contributed by atoms with Crippen LogP contribution >= 0.6 is 23.2 Å². The fourth-order valence-electron chi connectivity index (χ4n) is 2.09. The molecule has 2 aromatic rings. The lowest BCUT2D eigenvalue weighted by atomic mass is 10.2. The van der Waals surface area contributed by atoms with Crippen molar-refractivity contribution in [2.45, 2.75) is 33.4 Å². The topological polar surface area (TPSA) is 30.5 Å². The summed E-state index contributed by atoms with van der Waals surface area (Å²) in [6.07, 6.45) is 0.106. The Morgan fingerprint density at radius 1 is 1.00 bits per heavy atom. The van der Waals surface area contributed by atoms with Crippen molar-refractivity contribution in [3.05, 3.63) is 52.0 Å². The van der Waals surface area contributed by atoms with E-state index in [1.165, 1.54) is 0 Å². The second-order valence-corrected chi connectivity index (χ2v) is 6.18. The van der Waals surface area contributed by atoms with Gasteiger partial charge in [-0.3, -0.25) is 0 Å². The van der Waals surface area contributed by atoms with E-state index >= 15 is 0 Å². The lowest BCUT2D eigenvalue weighted by Crippen LogP contribution is -2.08. The SMILES string of the molecule is CCOc1cc(CNc2ccc(Cl)c(Cl)c2)ccc1OC(C)C. The molecule has 2 aromatic carbocycles. The molecular formula is C18H21Cl2NO2. The summed E-state index contributed by atoms with van der Waals surface area (Å²) in [5, 5.41) is 4.40. The van der Waals surface area contributed by atoms with Crippen molar-refractivity contribution >= 4 is 28.9 Å². The molecular weight excluding hydrogens is 333 g/mol. The molecule has 0 aliphatic carbocycles. The fourth-order valence-corrected chi connectivity index (χ4v) is 2.39. The van der Waals surface area contributed by atoms with Crippen molar-refractivity contribution in [3.63, 3.8) is 0 Å². The van der Waals surface area contributed by atoms with Crippen molar-refractivity contribution in [1.82, 2.24) is 0 Å². The fraction of sp³-hybridized carbons (Fsp3) is 0.333. The van der Waals surface area contributed by atoms with Gasteiger partial charge in [0.25, 0.3) is 0 Å². The highest BCUT2D eigenvalue weighted by atomic mass is 35.5. The van der Waals surface area contributed by atoms with Gasteiger partial charge in [0, 0.05) is 12.2 Å². The minimum Gasteiger partial charge on any atom is -0.490 e. The first-order chi connectivity index (χ1) is 11.0. The summed E-state index contributed by atoms with van der Waals surface area (Å²) < 4.78 is 11.4. The van der Waals surface area contributed by atoms with Gasteiger partial charge in [0.2, 0.25) is 0 Å². The number of ether oxygens (including phenoxy) is 2. The van der Waals surface area contributed by atoms with Crippen LogP contribution in [0.2, 0.25) is 10.0 Å². The summed E-state index contributed by atoms with van der Waals surface area (Å²) >= 11 is 11.9. The molecule has 0 spiro atoms. The van der Waals surface area contributed by atoms with E-state index in [0.717, 1.165) is 22.7 Å². The molecule has 1 N–H and O–H groups in total. The minimum atomic E-state index is 0.106. The van der Waals surface area contributed by atoms with Crippen LogP contribution in [0.1, 0.15) is 26.3 Å². The Kier molecular flexibility index (Phi) is 6.43. The van der Waals surface area contributed by atoms with Gasteiger partial charge in [0.1, 0.15) is 0 Å². The van der Waals surface area contributed by atoms with E-state index < -0.39 is 0 Å². The summed E-state index contributed by atoms with van der Waals surface area (Å²) in [5.74, 6) is 1.52. The van der Waals surface area contributed by atoms with Crippen LogP contribution < -0.4 is 14.8 Å². The Morgan fingerprint density at radius 2 is 1.78 bits per heavy atom. The molecule has 2 rings (SSSR count). The Bertz CT molecular complexity index is 659. The van der Waals surface area contributed by atoms with Gasteiger partial charge < -0.3 is 14.8 Å². The van der Waals surface area contributed by atoms with E-state index in [1.54, 1.807) is 6.07 Å². The van der Waals surface area contributed by atoms with Crippen LogP contribution in [0.15, 0.2) is 36.4 Å². The summed E-state index contributed by atoms with van der Waals surface area (Å²) in [7, 11) is 0. The predicted molar refractivity (Wildman–Crippen MR) is 97.2 cm³/mol. The molecule has 0 atom stereocenters. The van der Waals surface area contributed by atoms with Gasteiger partial charge in [-0.25, -0.2) is 0 Å². The highest BCUT2D eigenvalue weighted by Crippen LogP contribution is 2.30. The number of rotatable bonds is 7. The molecule has 0 bridgehead atoms. The summed E-state index contributed by atoms with van der Waals surface area (Å²) in [4.78, 5) is 0. The number of nitrogens with one attached hydrogen (secondary N) is 1. The monoisotopic (exact) mass is 353 g/mol. The van der Waals surface area contributed by atoms with Crippen LogP contribution in [0, 0.1) is 0 Å². The maximum Gasteiger partial charge on any atom is 0.161 e. The quantitative estimate of drug-likeness (QED) is 0.682. The molecule has 0 aliphatic rings. The van der Waals surface area contributed by atoms with Gasteiger partial charge >= 0.3 is 0 Å². The first-order valence-electron chi connectivity index (χ1n) is 7.61. The molecule has 0 unspecified atom stereocenters. The third-order valence-electron chi connectivity index (χ3n) is 3.09. The summed E-state index contributed by atoms with van der Waals surface area (Å²) in [6.45, 7) is 7.20. The maximum absolute atomic E-state index is 6.02. The van der Waals surface area contributed by atoms with Crippen LogP contribution in [0.25, 0.3) is 0 Å². The highest BCUT2D eigenvalue weighted by Gasteiger charge is 2.08. The number of benzene rings is 2. The number of hydrogen-bond donors (Lipinski definition) is 1. The van der Waals surface area contributed by atoms with Crippen LogP contribution in [-0.4, -0.2) is 12.7 Å². The Hall–Kier alpha value is -1.58. The zero-order valence-electron chi connectivity index (χ0n) is 13.5. The standard InChI is InChI=1S/C18H21Cl2NO2/c1-4-22-18-9-13(5-8-17(18)23-12(2)3)11-21-14-6-7-15(19)16(20)10-14/h5-10,12,21H,4,11H2,1-3H3. The average Bonchev–Trinajstić information content (AvgIpc) is 2.50. The third kappa shape index (κ3) is 5.22. The van der Waals surface area contributed by atoms with E-state index in [0.29, 0.717) is 23.2 Å². The van der Waals surface area contributed by atoms with E-state index in [1.807, 2.05) is 51.1 Å². The Labute approximate surface area is 147 Å². The lowest BCUT2D eigenvalue weighted by Gasteiger charge is -2.16. The molecule has 0 amide bonds. The van der Waals surface area contributed by atoms with E-state index in [-0.39, 0.29) is 6.10 Å². The second kappa shape index (κ2) is 8.32. The molecule has 0 saturated carbocycles.